The van der Waals surface area contributed by atoms with Crippen molar-refractivity contribution < 1.29 is 5.11 Å². The molecule has 1 aliphatic rings. The van der Waals surface area contributed by atoms with E-state index in [9.17, 15) is 0 Å². The van der Waals surface area contributed by atoms with Crippen LogP contribution in [-0.2, 0) is 0 Å². The number of amidine groups is 1. The molecule has 0 saturated carbocycles. The Kier molecular flexibility index (Phi) is 4.39. The molecule has 3 unspecified atom stereocenters. The number of nitrogens with zero attached hydrogens (tertiary/aromatic N) is 1. The predicted octanol–water partition coefficient (Wildman–Crippen LogP) is 1.55. The number of aliphatic hydroxyl groups is 1. The summed E-state index contributed by atoms with van der Waals surface area (Å²) >= 11 is 0. The second kappa shape index (κ2) is 5.35. The van der Waals surface area contributed by atoms with Gasteiger partial charge in [0.1, 0.15) is 0 Å². The van der Waals surface area contributed by atoms with Gasteiger partial charge in [-0.2, -0.15) is 0 Å². The molecule has 1 aliphatic heterocycles. The Bertz CT molecular complexity index is 203. The first-order valence-corrected chi connectivity index (χ1v) is 5.64. The molecule has 3 nitrogen and oxygen atoms in total. The van der Waals surface area contributed by atoms with Gasteiger partial charge in [-0.3, -0.25) is 4.99 Å². The lowest BCUT2D eigenvalue weighted by molar-refractivity contribution is 0.220. The fraction of sp³-hybridized carbons (Fsp3) is 0.909. The van der Waals surface area contributed by atoms with Gasteiger partial charge in [0.05, 0.1) is 18.5 Å². The molecule has 0 aromatic carbocycles. The van der Waals surface area contributed by atoms with Crippen LogP contribution in [0.15, 0.2) is 4.99 Å². The van der Waals surface area contributed by atoms with Crippen molar-refractivity contribution in [1.82, 2.24) is 0 Å². The summed E-state index contributed by atoms with van der Waals surface area (Å²) in [6.07, 6.45) is 4.85. The van der Waals surface area contributed by atoms with E-state index in [2.05, 4.69) is 18.8 Å². The maximum atomic E-state index is 9.14. The molecule has 0 spiro atoms. The SMILES string of the molecule is CCCCCC1N=C(N)C(CO)C1C. The van der Waals surface area contributed by atoms with Crippen LogP contribution in [-0.4, -0.2) is 23.6 Å². The van der Waals surface area contributed by atoms with Gasteiger partial charge in [0.2, 0.25) is 0 Å². The van der Waals surface area contributed by atoms with E-state index in [0.29, 0.717) is 17.8 Å². The summed E-state index contributed by atoms with van der Waals surface area (Å²) in [4.78, 5) is 4.43. The first-order chi connectivity index (χ1) is 6.70. The maximum Gasteiger partial charge on any atom is 0.0998 e. The summed E-state index contributed by atoms with van der Waals surface area (Å²) in [5.74, 6) is 1.17. The molecule has 0 radical (unpaired) electrons. The Hall–Kier alpha value is -0.570. The zero-order valence-electron chi connectivity index (χ0n) is 9.24. The molecule has 0 amide bonds. The number of hydrogen-bond donors (Lipinski definition) is 2. The monoisotopic (exact) mass is 198 g/mol. The molecular formula is C11H22N2O. The van der Waals surface area contributed by atoms with E-state index in [0.717, 1.165) is 6.42 Å². The van der Waals surface area contributed by atoms with E-state index < -0.39 is 0 Å². The Morgan fingerprint density at radius 3 is 2.64 bits per heavy atom. The topological polar surface area (TPSA) is 58.6 Å². The van der Waals surface area contributed by atoms with Crippen LogP contribution >= 0.6 is 0 Å². The third kappa shape index (κ3) is 2.47. The Labute approximate surface area is 86.4 Å². The highest BCUT2D eigenvalue weighted by Gasteiger charge is 2.33. The average molecular weight is 198 g/mol. The van der Waals surface area contributed by atoms with E-state index >= 15 is 0 Å². The normalized spacial score (nSPS) is 31.9. The van der Waals surface area contributed by atoms with Crippen molar-refractivity contribution in [2.75, 3.05) is 6.61 Å². The lowest BCUT2D eigenvalue weighted by atomic mass is 9.89. The molecule has 0 fully saturated rings. The summed E-state index contributed by atoms with van der Waals surface area (Å²) in [5, 5.41) is 9.14. The van der Waals surface area contributed by atoms with E-state index in [-0.39, 0.29) is 12.5 Å². The molecule has 0 aromatic heterocycles. The molecule has 3 atom stereocenters. The van der Waals surface area contributed by atoms with Gasteiger partial charge in [-0.15, -0.1) is 0 Å². The van der Waals surface area contributed by atoms with Gasteiger partial charge >= 0.3 is 0 Å². The summed E-state index contributed by atoms with van der Waals surface area (Å²) < 4.78 is 0. The highest BCUT2D eigenvalue weighted by Crippen LogP contribution is 2.28. The number of unbranched alkanes of at least 4 members (excludes halogenated alkanes) is 2. The van der Waals surface area contributed by atoms with Gasteiger partial charge in [-0.1, -0.05) is 33.1 Å². The molecule has 0 aromatic rings. The molecule has 0 saturated heterocycles. The number of aliphatic imine (C=N–C) groups is 1. The molecule has 1 heterocycles. The van der Waals surface area contributed by atoms with Gasteiger partial charge in [-0.05, 0) is 12.3 Å². The summed E-state index contributed by atoms with van der Waals surface area (Å²) in [6, 6.07) is 0.346. The summed E-state index contributed by atoms with van der Waals surface area (Å²) in [6.45, 7) is 4.48. The Morgan fingerprint density at radius 2 is 2.14 bits per heavy atom. The maximum absolute atomic E-state index is 9.14. The average Bonchev–Trinajstić information content (AvgIpc) is 2.42. The van der Waals surface area contributed by atoms with Crippen LogP contribution in [0.5, 0.6) is 0 Å². The van der Waals surface area contributed by atoms with Crippen molar-refractivity contribution in [3.05, 3.63) is 0 Å². The van der Waals surface area contributed by atoms with Gasteiger partial charge < -0.3 is 10.8 Å². The second-order valence-corrected chi connectivity index (χ2v) is 4.27. The molecule has 3 heteroatoms. The zero-order chi connectivity index (χ0) is 10.6. The van der Waals surface area contributed by atoms with E-state index in [4.69, 9.17) is 10.8 Å². The van der Waals surface area contributed by atoms with Crippen LogP contribution in [0.1, 0.15) is 39.5 Å². The number of nitrogens with two attached hydrogens (primary N) is 1. The zero-order valence-corrected chi connectivity index (χ0v) is 9.24. The summed E-state index contributed by atoms with van der Waals surface area (Å²) in [5.41, 5.74) is 5.76. The largest absolute Gasteiger partial charge is 0.396 e. The van der Waals surface area contributed by atoms with Crippen molar-refractivity contribution >= 4 is 5.84 Å². The van der Waals surface area contributed by atoms with Crippen molar-refractivity contribution in [1.29, 1.82) is 0 Å². The minimum Gasteiger partial charge on any atom is -0.396 e. The van der Waals surface area contributed by atoms with Gasteiger partial charge in [0.15, 0.2) is 0 Å². The van der Waals surface area contributed by atoms with Crippen LogP contribution in [0, 0.1) is 11.8 Å². The fourth-order valence-electron chi connectivity index (χ4n) is 2.13. The lowest BCUT2D eigenvalue weighted by Crippen LogP contribution is -2.28. The fourth-order valence-corrected chi connectivity index (χ4v) is 2.13. The third-order valence-electron chi connectivity index (χ3n) is 3.24. The van der Waals surface area contributed by atoms with Crippen LogP contribution in [0.4, 0.5) is 0 Å². The predicted molar refractivity (Wildman–Crippen MR) is 59.3 cm³/mol. The van der Waals surface area contributed by atoms with Crippen molar-refractivity contribution in [3.8, 4) is 0 Å². The van der Waals surface area contributed by atoms with Crippen molar-refractivity contribution in [2.24, 2.45) is 22.6 Å². The molecule has 1 rings (SSSR count). The standard InChI is InChI=1S/C11H22N2O/c1-3-4-5-6-10-8(2)9(7-14)11(12)13-10/h8-10,14H,3-7H2,1-2H3,(H2,12,13). The Balaban J connectivity index is 2.40. The highest BCUT2D eigenvalue weighted by atomic mass is 16.3. The van der Waals surface area contributed by atoms with Gasteiger partial charge in [0.25, 0.3) is 0 Å². The molecule has 0 bridgehead atoms. The van der Waals surface area contributed by atoms with E-state index in [1.54, 1.807) is 0 Å². The number of aliphatic hydroxyl groups excluding tert-OH is 1. The lowest BCUT2D eigenvalue weighted by Gasteiger charge is -2.17. The van der Waals surface area contributed by atoms with Crippen LogP contribution < -0.4 is 5.73 Å². The molecule has 3 N–H and O–H groups in total. The van der Waals surface area contributed by atoms with Crippen LogP contribution in [0.3, 0.4) is 0 Å². The Morgan fingerprint density at radius 1 is 1.43 bits per heavy atom. The molecular weight excluding hydrogens is 176 g/mol. The van der Waals surface area contributed by atoms with E-state index in [1.807, 2.05) is 0 Å². The number of hydrogen-bond acceptors (Lipinski definition) is 3. The smallest absolute Gasteiger partial charge is 0.0998 e. The minimum absolute atomic E-state index is 0.0987. The highest BCUT2D eigenvalue weighted by molar-refractivity contribution is 5.85. The molecule has 0 aliphatic carbocycles. The van der Waals surface area contributed by atoms with Gasteiger partial charge in [0, 0.05) is 5.92 Å². The summed E-state index contributed by atoms with van der Waals surface area (Å²) in [7, 11) is 0. The second-order valence-electron chi connectivity index (χ2n) is 4.27. The van der Waals surface area contributed by atoms with E-state index in [1.165, 1.54) is 19.3 Å². The van der Waals surface area contributed by atoms with Crippen LogP contribution in [0.2, 0.25) is 0 Å². The third-order valence-corrected chi connectivity index (χ3v) is 3.24. The molecule has 82 valence electrons. The minimum atomic E-state index is 0.0987. The van der Waals surface area contributed by atoms with Crippen LogP contribution in [0.25, 0.3) is 0 Å². The molecule has 14 heavy (non-hydrogen) atoms. The first-order valence-electron chi connectivity index (χ1n) is 5.64. The number of rotatable bonds is 5. The van der Waals surface area contributed by atoms with Crippen molar-refractivity contribution in [2.45, 2.75) is 45.6 Å². The first kappa shape index (κ1) is 11.5. The van der Waals surface area contributed by atoms with Gasteiger partial charge in [-0.25, -0.2) is 0 Å². The van der Waals surface area contributed by atoms with Crippen molar-refractivity contribution in [3.63, 3.8) is 0 Å². The quantitative estimate of drug-likeness (QED) is 0.658.